The maximum atomic E-state index is 8.98. The van der Waals surface area contributed by atoms with E-state index in [0.717, 1.165) is 11.4 Å². The fourth-order valence-electron chi connectivity index (χ4n) is 1.80. The molecule has 8 nitrogen and oxygen atoms in total. The smallest absolute Gasteiger partial charge is 0.0728 e. The van der Waals surface area contributed by atoms with Gasteiger partial charge in [-0.25, -0.2) is 0 Å². The molecule has 1 rings (SSSR count). The molecule has 0 saturated carbocycles. The molecule has 126 valence electrons. The van der Waals surface area contributed by atoms with Gasteiger partial charge < -0.3 is 31.1 Å². The summed E-state index contributed by atoms with van der Waals surface area (Å²) in [6.45, 7) is 1.79. The summed E-state index contributed by atoms with van der Waals surface area (Å²) < 4.78 is 0. The Bertz CT molecular complexity index is 367. The van der Waals surface area contributed by atoms with Crippen molar-refractivity contribution in [2.24, 2.45) is 11.8 Å². The number of nitrogens with zero attached hydrogens (tertiary/aromatic N) is 2. The molecule has 0 bridgehead atoms. The van der Waals surface area contributed by atoms with Gasteiger partial charge in [-0.05, 0) is 0 Å². The van der Waals surface area contributed by atoms with Crippen LogP contribution < -0.4 is 10.6 Å². The monoisotopic (exact) mass is 314 g/mol. The normalized spacial score (nSPS) is 11.5. The van der Waals surface area contributed by atoms with Gasteiger partial charge in [-0.15, -0.1) is 0 Å². The van der Waals surface area contributed by atoms with Gasteiger partial charge in [0.2, 0.25) is 0 Å². The maximum Gasteiger partial charge on any atom is 0.0728 e. The predicted octanol–water partition coefficient (Wildman–Crippen LogP) is -2.14. The number of aromatic nitrogens is 2. The molecule has 1 heterocycles. The van der Waals surface area contributed by atoms with Gasteiger partial charge in [-0.1, -0.05) is 0 Å². The van der Waals surface area contributed by atoms with Crippen molar-refractivity contribution in [3.05, 3.63) is 23.8 Å². The van der Waals surface area contributed by atoms with Crippen LogP contribution in [0.15, 0.2) is 12.4 Å². The first-order valence-corrected chi connectivity index (χ1v) is 7.38. The van der Waals surface area contributed by atoms with E-state index in [1.807, 2.05) is 0 Å². The molecule has 0 fully saturated rings. The van der Waals surface area contributed by atoms with E-state index < -0.39 is 0 Å². The Hall–Kier alpha value is -1.16. The number of aliphatic hydroxyl groups is 4. The van der Waals surface area contributed by atoms with E-state index in [9.17, 15) is 0 Å². The summed E-state index contributed by atoms with van der Waals surface area (Å²) in [5.74, 6) is -0.349. The zero-order valence-electron chi connectivity index (χ0n) is 12.6. The van der Waals surface area contributed by atoms with Gasteiger partial charge in [0.05, 0.1) is 11.4 Å². The van der Waals surface area contributed by atoms with Crippen molar-refractivity contribution in [1.29, 1.82) is 0 Å². The third-order valence-corrected chi connectivity index (χ3v) is 3.25. The van der Waals surface area contributed by atoms with Gasteiger partial charge in [0.25, 0.3) is 0 Å². The van der Waals surface area contributed by atoms with Crippen molar-refractivity contribution in [2.45, 2.75) is 13.1 Å². The quantitative estimate of drug-likeness (QED) is 0.258. The third-order valence-electron chi connectivity index (χ3n) is 3.25. The predicted molar refractivity (Wildman–Crippen MR) is 80.8 cm³/mol. The van der Waals surface area contributed by atoms with Crippen molar-refractivity contribution >= 4 is 0 Å². The standard InChI is InChI=1S/C14H26N4O4/c19-7-11(8-20)1-15-3-13-5-17-6-14(18-13)4-16-2-12(9-21)10-22/h5-6,11-12,15-16,19-22H,1-4,7-10H2. The molecule has 0 spiro atoms. The largest absolute Gasteiger partial charge is 0.396 e. The lowest BCUT2D eigenvalue weighted by Crippen LogP contribution is -2.28. The van der Waals surface area contributed by atoms with Crippen LogP contribution in [0.25, 0.3) is 0 Å². The average Bonchev–Trinajstić information content (AvgIpc) is 2.56. The zero-order chi connectivity index (χ0) is 16.2. The minimum atomic E-state index is -0.174. The number of aliphatic hydroxyl groups excluding tert-OH is 4. The van der Waals surface area contributed by atoms with Crippen molar-refractivity contribution in [3.63, 3.8) is 0 Å². The molecule has 0 atom stereocenters. The molecule has 1 aromatic rings. The molecule has 0 aromatic carbocycles. The van der Waals surface area contributed by atoms with E-state index in [0.29, 0.717) is 26.2 Å². The topological polar surface area (TPSA) is 131 Å². The highest BCUT2D eigenvalue weighted by molar-refractivity contribution is 5.03. The highest BCUT2D eigenvalue weighted by Gasteiger charge is 2.07. The first kappa shape index (κ1) is 18.9. The van der Waals surface area contributed by atoms with Crippen molar-refractivity contribution in [2.75, 3.05) is 39.5 Å². The van der Waals surface area contributed by atoms with Crippen LogP contribution in [0.5, 0.6) is 0 Å². The molecule has 22 heavy (non-hydrogen) atoms. The van der Waals surface area contributed by atoms with E-state index in [4.69, 9.17) is 20.4 Å². The SMILES string of the molecule is OCC(CO)CNCc1cncc(CNCC(CO)CO)n1. The maximum absolute atomic E-state index is 8.98. The Morgan fingerprint density at radius 1 is 0.773 bits per heavy atom. The number of hydrogen-bond acceptors (Lipinski definition) is 8. The zero-order valence-corrected chi connectivity index (χ0v) is 12.6. The van der Waals surface area contributed by atoms with Crippen molar-refractivity contribution in [3.8, 4) is 0 Å². The summed E-state index contributed by atoms with van der Waals surface area (Å²) in [4.78, 5) is 8.55. The lowest BCUT2D eigenvalue weighted by molar-refractivity contribution is 0.148. The van der Waals surface area contributed by atoms with Crippen LogP contribution in [-0.2, 0) is 13.1 Å². The summed E-state index contributed by atoms with van der Waals surface area (Å²) in [5, 5.41) is 42.1. The second-order valence-electron chi connectivity index (χ2n) is 5.23. The van der Waals surface area contributed by atoms with Gasteiger partial charge >= 0.3 is 0 Å². The van der Waals surface area contributed by atoms with Crippen LogP contribution in [0, 0.1) is 11.8 Å². The number of nitrogens with one attached hydrogen (secondary N) is 2. The highest BCUT2D eigenvalue weighted by atomic mass is 16.3. The van der Waals surface area contributed by atoms with Crippen molar-refractivity contribution in [1.82, 2.24) is 20.6 Å². The van der Waals surface area contributed by atoms with Gasteiger partial charge in [-0.2, -0.15) is 0 Å². The average molecular weight is 314 g/mol. The first-order valence-electron chi connectivity index (χ1n) is 7.38. The fraction of sp³-hybridized carbons (Fsp3) is 0.714. The second-order valence-corrected chi connectivity index (χ2v) is 5.23. The second kappa shape index (κ2) is 11.4. The number of hydrogen-bond donors (Lipinski definition) is 6. The van der Waals surface area contributed by atoms with E-state index in [1.165, 1.54) is 0 Å². The molecule has 0 aliphatic heterocycles. The third kappa shape index (κ3) is 7.21. The highest BCUT2D eigenvalue weighted by Crippen LogP contribution is 1.98. The van der Waals surface area contributed by atoms with Crippen LogP contribution in [0.3, 0.4) is 0 Å². The summed E-state index contributed by atoms with van der Waals surface area (Å²) in [7, 11) is 0. The summed E-state index contributed by atoms with van der Waals surface area (Å²) in [5.41, 5.74) is 1.55. The van der Waals surface area contributed by atoms with Gasteiger partial charge in [-0.3, -0.25) is 9.97 Å². The molecule has 0 aliphatic rings. The Kier molecular flexibility index (Phi) is 9.80. The Morgan fingerprint density at radius 2 is 1.18 bits per heavy atom. The minimum absolute atomic E-state index is 0.0595. The summed E-state index contributed by atoms with van der Waals surface area (Å²) >= 11 is 0. The van der Waals surface area contributed by atoms with Gasteiger partial charge in [0, 0.05) is 76.8 Å². The lowest BCUT2D eigenvalue weighted by Gasteiger charge is -2.13. The molecule has 8 heteroatoms. The van der Waals surface area contributed by atoms with Gasteiger partial charge in [0.1, 0.15) is 0 Å². The summed E-state index contributed by atoms with van der Waals surface area (Å²) in [6, 6.07) is 0. The first-order chi connectivity index (χ1) is 10.7. The molecule has 0 saturated heterocycles. The van der Waals surface area contributed by atoms with E-state index in [1.54, 1.807) is 12.4 Å². The Balaban J connectivity index is 2.35. The minimum Gasteiger partial charge on any atom is -0.396 e. The molecular formula is C14H26N4O4. The van der Waals surface area contributed by atoms with Gasteiger partial charge in [0.15, 0.2) is 0 Å². The molecule has 6 N–H and O–H groups in total. The van der Waals surface area contributed by atoms with Crippen LogP contribution >= 0.6 is 0 Å². The lowest BCUT2D eigenvalue weighted by atomic mass is 10.2. The molecule has 1 aromatic heterocycles. The van der Waals surface area contributed by atoms with E-state index in [2.05, 4.69) is 20.6 Å². The molecule has 0 aliphatic carbocycles. The molecule has 0 radical (unpaired) electrons. The van der Waals surface area contributed by atoms with E-state index >= 15 is 0 Å². The molecular weight excluding hydrogens is 288 g/mol. The van der Waals surface area contributed by atoms with Crippen LogP contribution in [0.1, 0.15) is 11.4 Å². The molecule has 0 amide bonds. The Labute approximate surface area is 130 Å². The molecule has 0 unspecified atom stereocenters. The van der Waals surface area contributed by atoms with Crippen LogP contribution in [-0.4, -0.2) is 69.9 Å². The number of rotatable bonds is 12. The Morgan fingerprint density at radius 3 is 1.55 bits per heavy atom. The van der Waals surface area contributed by atoms with E-state index in [-0.39, 0.29) is 38.3 Å². The summed E-state index contributed by atoms with van der Waals surface area (Å²) in [6.07, 6.45) is 3.32. The fourth-order valence-corrected chi connectivity index (χ4v) is 1.80. The van der Waals surface area contributed by atoms with Crippen LogP contribution in [0.4, 0.5) is 0 Å². The van der Waals surface area contributed by atoms with Crippen LogP contribution in [0.2, 0.25) is 0 Å². The van der Waals surface area contributed by atoms with Crippen molar-refractivity contribution < 1.29 is 20.4 Å².